The van der Waals surface area contributed by atoms with E-state index in [1.54, 1.807) is 30.5 Å². The van der Waals surface area contributed by atoms with Gasteiger partial charge >= 0.3 is 0 Å². The molecule has 5 heteroatoms. The summed E-state index contributed by atoms with van der Waals surface area (Å²) < 4.78 is 0. The molecule has 0 atom stereocenters. The zero-order valence-corrected chi connectivity index (χ0v) is 13.0. The highest BCUT2D eigenvalue weighted by atomic mass is 35.5. The van der Waals surface area contributed by atoms with Crippen molar-refractivity contribution in [2.75, 3.05) is 23.3 Å². The van der Waals surface area contributed by atoms with Gasteiger partial charge in [0.15, 0.2) is 0 Å². The van der Waals surface area contributed by atoms with E-state index < -0.39 is 0 Å². The van der Waals surface area contributed by atoms with E-state index in [2.05, 4.69) is 15.2 Å². The van der Waals surface area contributed by atoms with Crippen molar-refractivity contribution in [1.29, 1.82) is 0 Å². The molecule has 1 aliphatic rings. The zero-order chi connectivity index (χ0) is 15.4. The van der Waals surface area contributed by atoms with Crippen molar-refractivity contribution in [3.63, 3.8) is 0 Å². The number of pyridine rings is 1. The van der Waals surface area contributed by atoms with E-state index in [1.165, 1.54) is 19.3 Å². The predicted molar refractivity (Wildman–Crippen MR) is 89.7 cm³/mol. The van der Waals surface area contributed by atoms with Crippen LogP contribution in [0.3, 0.4) is 0 Å². The molecule has 0 bridgehead atoms. The minimum atomic E-state index is -0.185. The summed E-state index contributed by atoms with van der Waals surface area (Å²) in [5.41, 5.74) is 1.22. The maximum Gasteiger partial charge on any atom is 0.255 e. The van der Waals surface area contributed by atoms with Crippen LogP contribution < -0.4 is 10.2 Å². The fourth-order valence-electron chi connectivity index (χ4n) is 2.60. The van der Waals surface area contributed by atoms with Gasteiger partial charge in [0.1, 0.15) is 5.82 Å². The molecule has 1 saturated heterocycles. The minimum Gasteiger partial charge on any atom is -0.357 e. The van der Waals surface area contributed by atoms with Crippen LogP contribution in [-0.4, -0.2) is 24.0 Å². The molecular weight excluding hydrogens is 298 g/mol. The van der Waals surface area contributed by atoms with E-state index in [-0.39, 0.29) is 5.91 Å². The Balaban J connectivity index is 1.66. The SMILES string of the molecule is O=C(Nc1ccc(N2CCCCC2)nc1)c1cccc(Cl)c1. The molecular formula is C17H18ClN3O. The summed E-state index contributed by atoms with van der Waals surface area (Å²) in [6.07, 6.45) is 5.43. The first-order valence-corrected chi connectivity index (χ1v) is 7.88. The Morgan fingerprint density at radius 3 is 2.64 bits per heavy atom. The van der Waals surface area contributed by atoms with Crippen LogP contribution in [0.4, 0.5) is 11.5 Å². The molecule has 0 aliphatic carbocycles. The standard InChI is InChI=1S/C17H18ClN3O/c18-14-6-4-5-13(11-14)17(22)20-15-7-8-16(19-12-15)21-9-2-1-3-10-21/h4-8,11-12H,1-3,9-10H2,(H,20,22). The number of carbonyl (C=O) groups excluding carboxylic acids is 1. The Hall–Kier alpha value is -2.07. The van der Waals surface area contributed by atoms with Crippen molar-refractivity contribution in [2.24, 2.45) is 0 Å². The number of hydrogen-bond donors (Lipinski definition) is 1. The largest absolute Gasteiger partial charge is 0.357 e. The molecule has 1 aromatic carbocycles. The highest BCUT2D eigenvalue weighted by Gasteiger charge is 2.12. The number of nitrogens with one attached hydrogen (secondary N) is 1. The number of hydrogen-bond acceptors (Lipinski definition) is 3. The average molecular weight is 316 g/mol. The number of nitrogens with zero attached hydrogens (tertiary/aromatic N) is 2. The van der Waals surface area contributed by atoms with Crippen molar-refractivity contribution in [1.82, 2.24) is 4.98 Å². The first kappa shape index (κ1) is 14.9. The number of anilines is 2. The van der Waals surface area contributed by atoms with Gasteiger partial charge in [-0.2, -0.15) is 0 Å². The Bertz CT molecular complexity index is 651. The van der Waals surface area contributed by atoms with Crippen LogP contribution in [0.5, 0.6) is 0 Å². The Labute approximate surface area is 135 Å². The fraction of sp³-hybridized carbons (Fsp3) is 0.294. The lowest BCUT2D eigenvalue weighted by Gasteiger charge is -2.27. The highest BCUT2D eigenvalue weighted by molar-refractivity contribution is 6.31. The van der Waals surface area contributed by atoms with Gasteiger partial charge in [0.2, 0.25) is 0 Å². The summed E-state index contributed by atoms with van der Waals surface area (Å²) in [5.74, 6) is 0.787. The first-order chi connectivity index (χ1) is 10.7. The Morgan fingerprint density at radius 1 is 1.14 bits per heavy atom. The van der Waals surface area contributed by atoms with Gasteiger partial charge in [0.05, 0.1) is 11.9 Å². The number of benzene rings is 1. The smallest absolute Gasteiger partial charge is 0.255 e. The quantitative estimate of drug-likeness (QED) is 0.932. The fourth-order valence-corrected chi connectivity index (χ4v) is 2.79. The van der Waals surface area contributed by atoms with Crippen molar-refractivity contribution in [3.05, 3.63) is 53.2 Å². The second kappa shape index (κ2) is 6.79. The molecule has 4 nitrogen and oxygen atoms in total. The number of aromatic nitrogens is 1. The maximum atomic E-state index is 12.1. The summed E-state index contributed by atoms with van der Waals surface area (Å²) in [4.78, 5) is 18.9. The molecule has 2 heterocycles. The minimum absolute atomic E-state index is 0.185. The topological polar surface area (TPSA) is 45.2 Å². The van der Waals surface area contributed by atoms with Crippen molar-refractivity contribution in [2.45, 2.75) is 19.3 Å². The number of carbonyl (C=O) groups is 1. The lowest BCUT2D eigenvalue weighted by molar-refractivity contribution is 0.102. The second-order valence-corrected chi connectivity index (χ2v) is 5.85. The van der Waals surface area contributed by atoms with Gasteiger partial charge in [-0.25, -0.2) is 4.98 Å². The predicted octanol–water partition coefficient (Wildman–Crippen LogP) is 3.98. The first-order valence-electron chi connectivity index (χ1n) is 7.50. The zero-order valence-electron chi connectivity index (χ0n) is 12.3. The number of halogens is 1. The average Bonchev–Trinajstić information content (AvgIpc) is 2.56. The third kappa shape index (κ3) is 3.57. The van der Waals surface area contributed by atoms with E-state index in [0.717, 1.165) is 18.9 Å². The van der Waals surface area contributed by atoms with Crippen LogP contribution >= 0.6 is 11.6 Å². The van der Waals surface area contributed by atoms with Crippen LogP contribution in [-0.2, 0) is 0 Å². The van der Waals surface area contributed by atoms with Gasteiger partial charge in [0, 0.05) is 23.7 Å². The molecule has 0 saturated carbocycles. The molecule has 1 aromatic heterocycles. The lowest BCUT2D eigenvalue weighted by Crippen LogP contribution is -2.30. The van der Waals surface area contributed by atoms with E-state index in [1.807, 2.05) is 12.1 Å². The normalized spacial score (nSPS) is 14.7. The maximum absolute atomic E-state index is 12.1. The third-order valence-corrected chi connectivity index (χ3v) is 4.01. The molecule has 1 N–H and O–H groups in total. The van der Waals surface area contributed by atoms with Crippen molar-refractivity contribution in [3.8, 4) is 0 Å². The molecule has 22 heavy (non-hydrogen) atoms. The molecule has 114 valence electrons. The molecule has 1 aliphatic heterocycles. The van der Waals surface area contributed by atoms with E-state index in [4.69, 9.17) is 11.6 Å². The number of rotatable bonds is 3. The monoisotopic (exact) mass is 315 g/mol. The molecule has 2 aromatic rings. The third-order valence-electron chi connectivity index (χ3n) is 3.77. The lowest BCUT2D eigenvalue weighted by atomic mass is 10.1. The summed E-state index contributed by atoms with van der Waals surface area (Å²) in [7, 11) is 0. The van der Waals surface area contributed by atoms with Crippen LogP contribution in [0.15, 0.2) is 42.6 Å². The van der Waals surface area contributed by atoms with Gasteiger partial charge < -0.3 is 10.2 Å². The van der Waals surface area contributed by atoms with Gasteiger partial charge in [0.25, 0.3) is 5.91 Å². The molecule has 0 spiro atoms. The molecule has 0 unspecified atom stereocenters. The highest BCUT2D eigenvalue weighted by Crippen LogP contribution is 2.19. The van der Waals surface area contributed by atoms with Crippen molar-refractivity contribution >= 4 is 29.0 Å². The molecule has 1 fully saturated rings. The van der Waals surface area contributed by atoms with E-state index in [0.29, 0.717) is 16.3 Å². The van der Waals surface area contributed by atoms with E-state index in [9.17, 15) is 4.79 Å². The second-order valence-electron chi connectivity index (χ2n) is 5.42. The van der Waals surface area contributed by atoms with Crippen LogP contribution in [0.2, 0.25) is 5.02 Å². The van der Waals surface area contributed by atoms with Crippen LogP contribution in [0.1, 0.15) is 29.6 Å². The Kier molecular flexibility index (Phi) is 4.59. The van der Waals surface area contributed by atoms with Gasteiger partial charge in [-0.15, -0.1) is 0 Å². The van der Waals surface area contributed by atoms with E-state index >= 15 is 0 Å². The van der Waals surface area contributed by atoms with Crippen LogP contribution in [0.25, 0.3) is 0 Å². The number of piperidine rings is 1. The number of amides is 1. The van der Waals surface area contributed by atoms with Crippen molar-refractivity contribution < 1.29 is 4.79 Å². The summed E-state index contributed by atoms with van der Waals surface area (Å²) in [6, 6.07) is 10.7. The molecule has 0 radical (unpaired) electrons. The molecule has 3 rings (SSSR count). The van der Waals surface area contributed by atoms with Gasteiger partial charge in [-0.1, -0.05) is 17.7 Å². The summed E-state index contributed by atoms with van der Waals surface area (Å²) in [6.45, 7) is 2.11. The van der Waals surface area contributed by atoms with Gasteiger partial charge in [-0.3, -0.25) is 4.79 Å². The Morgan fingerprint density at radius 2 is 1.95 bits per heavy atom. The molecule has 1 amide bonds. The van der Waals surface area contributed by atoms with Crippen LogP contribution in [0, 0.1) is 0 Å². The van der Waals surface area contributed by atoms with Gasteiger partial charge in [-0.05, 0) is 49.6 Å². The summed E-state index contributed by atoms with van der Waals surface area (Å²) in [5, 5.41) is 3.38. The summed E-state index contributed by atoms with van der Waals surface area (Å²) >= 11 is 5.90.